The second kappa shape index (κ2) is 7.95. The third-order valence-electron chi connectivity index (χ3n) is 5.13. The fourth-order valence-electron chi connectivity index (χ4n) is 3.67. The highest BCUT2D eigenvalue weighted by Crippen LogP contribution is 2.32. The molecular formula is C24H20N2O5. The summed E-state index contributed by atoms with van der Waals surface area (Å²) in [4.78, 5) is 38.9. The molecule has 0 radical (unpaired) electrons. The Kier molecular flexibility index (Phi) is 5.17. The molecule has 156 valence electrons. The minimum absolute atomic E-state index is 0.00595. The van der Waals surface area contributed by atoms with Gasteiger partial charge in [0, 0.05) is 17.3 Å². The number of ether oxygens (including phenoxy) is 2. The van der Waals surface area contributed by atoms with Gasteiger partial charge >= 0.3 is 11.9 Å². The number of aromatic nitrogens is 1. The van der Waals surface area contributed by atoms with Gasteiger partial charge in [0.1, 0.15) is 16.8 Å². The van der Waals surface area contributed by atoms with Crippen LogP contribution < -0.4 is 5.32 Å². The minimum Gasteiger partial charge on any atom is -0.465 e. The van der Waals surface area contributed by atoms with Crippen LogP contribution in [-0.4, -0.2) is 36.5 Å². The Labute approximate surface area is 178 Å². The van der Waals surface area contributed by atoms with E-state index in [2.05, 4.69) is 5.32 Å². The number of hydrogen-bond donors (Lipinski definition) is 1. The normalized spacial score (nSPS) is 10.8. The maximum Gasteiger partial charge on any atom is 0.341 e. The molecular weight excluding hydrogens is 396 g/mol. The van der Waals surface area contributed by atoms with Gasteiger partial charge in [-0.3, -0.25) is 4.79 Å². The summed E-state index contributed by atoms with van der Waals surface area (Å²) in [5, 5.41) is 4.34. The third-order valence-corrected chi connectivity index (χ3v) is 5.13. The first kappa shape index (κ1) is 20.2. The molecule has 2 aromatic carbocycles. The van der Waals surface area contributed by atoms with Crippen molar-refractivity contribution in [3.05, 3.63) is 83.2 Å². The molecule has 0 saturated heterocycles. The molecule has 0 saturated carbocycles. The largest absolute Gasteiger partial charge is 0.465 e. The molecule has 0 atom stereocenters. The quantitative estimate of drug-likeness (QED) is 0.503. The lowest BCUT2D eigenvalue weighted by Crippen LogP contribution is -2.19. The summed E-state index contributed by atoms with van der Waals surface area (Å²) in [5.41, 5.74) is 1.84. The average molecular weight is 416 g/mol. The Morgan fingerprint density at radius 3 is 2.16 bits per heavy atom. The van der Waals surface area contributed by atoms with E-state index in [9.17, 15) is 14.4 Å². The number of amides is 1. The second-order valence-corrected chi connectivity index (χ2v) is 7.02. The highest BCUT2D eigenvalue weighted by atomic mass is 16.5. The summed E-state index contributed by atoms with van der Waals surface area (Å²) < 4.78 is 11.4. The van der Waals surface area contributed by atoms with E-state index in [-0.39, 0.29) is 16.8 Å². The molecule has 2 aromatic heterocycles. The van der Waals surface area contributed by atoms with Gasteiger partial charge < -0.3 is 19.2 Å². The maximum absolute atomic E-state index is 13.3. The first-order valence-corrected chi connectivity index (χ1v) is 9.56. The first-order chi connectivity index (χ1) is 15.0. The van der Waals surface area contributed by atoms with E-state index in [1.54, 1.807) is 18.3 Å². The van der Waals surface area contributed by atoms with Crippen LogP contribution in [0.25, 0.3) is 16.3 Å². The number of nitrogens with zero attached hydrogens (tertiary/aromatic N) is 1. The molecule has 0 aliphatic carbocycles. The fraction of sp³-hybridized carbons (Fsp3) is 0.125. The van der Waals surface area contributed by atoms with Crippen molar-refractivity contribution in [3.8, 4) is 0 Å². The van der Waals surface area contributed by atoms with E-state index < -0.39 is 17.8 Å². The Balaban J connectivity index is 2.04. The molecule has 1 N–H and O–H groups in total. The van der Waals surface area contributed by atoms with Crippen LogP contribution in [0.15, 0.2) is 60.8 Å². The van der Waals surface area contributed by atoms with Gasteiger partial charge in [0.15, 0.2) is 0 Å². The Bertz CT molecular complexity index is 1340. The van der Waals surface area contributed by atoms with Crippen LogP contribution in [0, 0.1) is 6.92 Å². The molecule has 4 rings (SSSR count). The Hall–Kier alpha value is -4.13. The molecule has 0 aliphatic heterocycles. The maximum atomic E-state index is 13.3. The SMILES string of the molecule is COC(=O)c1c(C(=O)OC)c2c3ccccc3ccn2c1C(=O)Nc1ccc(C)cc1. The van der Waals surface area contributed by atoms with Gasteiger partial charge in [-0.05, 0) is 30.5 Å². The standard InChI is InChI=1S/C24H20N2O5/c1-14-8-10-16(11-9-14)25-22(27)21-19(24(29)31-3)18(23(28)30-2)20-17-7-5-4-6-15(17)12-13-26(20)21/h4-13H,1-3H3,(H,25,27). The zero-order valence-electron chi connectivity index (χ0n) is 17.3. The molecule has 0 aliphatic rings. The number of carbonyl (C=O) groups excluding carboxylic acids is 3. The summed E-state index contributed by atoms with van der Waals surface area (Å²) >= 11 is 0. The number of esters is 2. The van der Waals surface area contributed by atoms with E-state index >= 15 is 0 Å². The van der Waals surface area contributed by atoms with Crippen LogP contribution in [0.4, 0.5) is 5.69 Å². The number of carbonyl (C=O) groups is 3. The van der Waals surface area contributed by atoms with Gasteiger partial charge in [-0.2, -0.15) is 0 Å². The number of benzene rings is 2. The minimum atomic E-state index is -0.803. The van der Waals surface area contributed by atoms with Crippen LogP contribution in [-0.2, 0) is 9.47 Å². The summed E-state index contributed by atoms with van der Waals surface area (Å²) in [7, 11) is 2.43. The van der Waals surface area contributed by atoms with Crippen molar-refractivity contribution in [2.75, 3.05) is 19.5 Å². The van der Waals surface area contributed by atoms with Gasteiger partial charge in [-0.15, -0.1) is 0 Å². The third kappa shape index (κ3) is 3.40. The van der Waals surface area contributed by atoms with E-state index in [0.29, 0.717) is 16.6 Å². The average Bonchev–Trinajstić information content (AvgIpc) is 3.15. The monoisotopic (exact) mass is 416 g/mol. The highest BCUT2D eigenvalue weighted by molar-refractivity contribution is 6.21. The van der Waals surface area contributed by atoms with Crippen molar-refractivity contribution >= 4 is 39.8 Å². The zero-order valence-corrected chi connectivity index (χ0v) is 17.3. The molecule has 0 fully saturated rings. The summed E-state index contributed by atoms with van der Waals surface area (Å²) in [5.74, 6) is -2.09. The van der Waals surface area contributed by atoms with Gasteiger partial charge in [-0.25, -0.2) is 9.59 Å². The molecule has 0 bridgehead atoms. The van der Waals surface area contributed by atoms with Crippen LogP contribution in [0.1, 0.15) is 36.8 Å². The predicted molar refractivity (Wildman–Crippen MR) is 117 cm³/mol. The second-order valence-electron chi connectivity index (χ2n) is 7.02. The number of hydrogen-bond acceptors (Lipinski definition) is 5. The van der Waals surface area contributed by atoms with Crippen LogP contribution in [0.3, 0.4) is 0 Å². The Morgan fingerprint density at radius 1 is 0.839 bits per heavy atom. The number of aryl methyl sites for hydroxylation is 1. The van der Waals surface area contributed by atoms with Crippen molar-refractivity contribution in [2.24, 2.45) is 0 Å². The van der Waals surface area contributed by atoms with Crippen LogP contribution >= 0.6 is 0 Å². The van der Waals surface area contributed by atoms with Gasteiger partial charge in [-0.1, -0.05) is 42.0 Å². The first-order valence-electron chi connectivity index (χ1n) is 9.56. The fourth-order valence-corrected chi connectivity index (χ4v) is 3.67. The molecule has 7 nitrogen and oxygen atoms in total. The topological polar surface area (TPSA) is 86.1 Å². The Morgan fingerprint density at radius 2 is 1.48 bits per heavy atom. The number of rotatable bonds is 4. The van der Waals surface area contributed by atoms with Crippen molar-refractivity contribution in [1.82, 2.24) is 4.40 Å². The lowest BCUT2D eigenvalue weighted by molar-refractivity contribution is 0.0556. The lowest BCUT2D eigenvalue weighted by Gasteiger charge is -2.09. The number of anilines is 1. The van der Waals surface area contributed by atoms with Crippen molar-refractivity contribution in [2.45, 2.75) is 6.92 Å². The molecule has 0 spiro atoms. The van der Waals surface area contributed by atoms with E-state index in [1.807, 2.05) is 49.4 Å². The van der Waals surface area contributed by atoms with Gasteiger partial charge in [0.25, 0.3) is 5.91 Å². The van der Waals surface area contributed by atoms with Gasteiger partial charge in [0.05, 0.1) is 19.7 Å². The highest BCUT2D eigenvalue weighted by Gasteiger charge is 2.33. The lowest BCUT2D eigenvalue weighted by atomic mass is 10.1. The molecule has 0 unspecified atom stereocenters. The number of nitrogens with one attached hydrogen (secondary N) is 1. The van der Waals surface area contributed by atoms with Gasteiger partial charge in [0.2, 0.25) is 0 Å². The number of pyridine rings is 1. The molecule has 2 heterocycles. The summed E-state index contributed by atoms with van der Waals surface area (Å²) in [6, 6.07) is 16.4. The molecule has 4 aromatic rings. The molecule has 1 amide bonds. The number of fused-ring (bicyclic) bond motifs is 3. The smallest absolute Gasteiger partial charge is 0.341 e. The van der Waals surface area contributed by atoms with Crippen LogP contribution in [0.5, 0.6) is 0 Å². The predicted octanol–water partition coefficient (Wildman–Crippen LogP) is 4.23. The van der Waals surface area contributed by atoms with E-state index in [1.165, 1.54) is 18.6 Å². The molecule has 7 heteroatoms. The van der Waals surface area contributed by atoms with Crippen molar-refractivity contribution in [1.29, 1.82) is 0 Å². The summed E-state index contributed by atoms with van der Waals surface area (Å²) in [6.07, 6.45) is 1.65. The molecule has 31 heavy (non-hydrogen) atoms. The van der Waals surface area contributed by atoms with E-state index in [0.717, 1.165) is 10.9 Å². The summed E-state index contributed by atoms with van der Waals surface area (Å²) in [6.45, 7) is 1.94. The zero-order chi connectivity index (χ0) is 22.1. The number of methoxy groups -OCH3 is 2. The van der Waals surface area contributed by atoms with Crippen molar-refractivity contribution < 1.29 is 23.9 Å². The van der Waals surface area contributed by atoms with Crippen LogP contribution in [0.2, 0.25) is 0 Å². The van der Waals surface area contributed by atoms with Crippen molar-refractivity contribution in [3.63, 3.8) is 0 Å². The van der Waals surface area contributed by atoms with E-state index in [4.69, 9.17) is 9.47 Å².